The van der Waals surface area contributed by atoms with Crippen molar-refractivity contribution in [3.8, 4) is 0 Å². The van der Waals surface area contributed by atoms with E-state index in [0.29, 0.717) is 11.7 Å². The maximum atomic E-state index is 13.1. The monoisotopic (exact) mass is 422 g/mol. The molecular weight excluding hydrogens is 405 g/mol. The largest absolute Gasteiger partial charge is 0.418 e. The van der Waals surface area contributed by atoms with Crippen LogP contribution in [0.3, 0.4) is 0 Å². The van der Waals surface area contributed by atoms with Crippen LogP contribution >= 0.6 is 23.4 Å². The molecule has 0 bridgehead atoms. The summed E-state index contributed by atoms with van der Waals surface area (Å²) in [7, 11) is 0. The molecule has 0 aliphatic rings. The molecule has 0 saturated heterocycles. The van der Waals surface area contributed by atoms with Gasteiger partial charge in [0, 0.05) is 11.6 Å². The number of rotatable bonds is 7. The van der Waals surface area contributed by atoms with E-state index in [4.69, 9.17) is 11.6 Å². The molecule has 27 heavy (non-hydrogen) atoms. The molecular formula is C16H18ClF3N4O2S. The molecule has 2 N–H and O–H groups in total. The maximum Gasteiger partial charge on any atom is 0.418 e. The van der Waals surface area contributed by atoms with Gasteiger partial charge < -0.3 is 5.32 Å². The van der Waals surface area contributed by atoms with Crippen LogP contribution in [0.2, 0.25) is 5.02 Å². The summed E-state index contributed by atoms with van der Waals surface area (Å²) in [4.78, 5) is 24.1. The number of benzene rings is 1. The fourth-order valence-electron chi connectivity index (χ4n) is 2.21. The third-order valence-electron chi connectivity index (χ3n) is 3.65. The number of aromatic amines is 1. The van der Waals surface area contributed by atoms with Gasteiger partial charge in [-0.2, -0.15) is 13.2 Å². The Morgan fingerprint density at radius 3 is 2.78 bits per heavy atom. The van der Waals surface area contributed by atoms with Crippen LogP contribution in [0.5, 0.6) is 0 Å². The number of alkyl halides is 3. The molecule has 1 aromatic carbocycles. The molecule has 2 rings (SSSR count). The summed E-state index contributed by atoms with van der Waals surface area (Å²) in [6.45, 7) is 3.93. The van der Waals surface area contributed by atoms with Crippen molar-refractivity contribution in [1.29, 1.82) is 0 Å². The lowest BCUT2D eigenvalue weighted by Crippen LogP contribution is -2.25. The number of aromatic nitrogens is 3. The molecule has 1 unspecified atom stereocenters. The number of amides is 1. The Bertz CT molecular complexity index is 866. The van der Waals surface area contributed by atoms with Crippen molar-refractivity contribution in [3.63, 3.8) is 0 Å². The van der Waals surface area contributed by atoms with Crippen LogP contribution in [-0.2, 0) is 17.5 Å². The van der Waals surface area contributed by atoms with E-state index in [-0.39, 0.29) is 10.7 Å². The summed E-state index contributed by atoms with van der Waals surface area (Å²) < 4.78 is 40.8. The number of anilines is 1. The van der Waals surface area contributed by atoms with E-state index in [1.165, 1.54) is 17.6 Å². The summed E-state index contributed by atoms with van der Waals surface area (Å²) in [6, 6.07) is 3.12. The lowest BCUT2D eigenvalue weighted by Gasteiger charge is -2.16. The number of halogens is 4. The molecule has 0 aliphatic carbocycles. The number of carbonyl (C=O) groups is 1. The fraction of sp³-hybridized carbons (Fsp3) is 0.438. The second-order valence-electron chi connectivity index (χ2n) is 5.75. The summed E-state index contributed by atoms with van der Waals surface area (Å²) in [5.41, 5.74) is -1.80. The highest BCUT2D eigenvalue weighted by molar-refractivity contribution is 8.00. The predicted octanol–water partition coefficient (Wildman–Crippen LogP) is 4.16. The molecule has 1 heterocycles. The Morgan fingerprint density at radius 2 is 2.15 bits per heavy atom. The summed E-state index contributed by atoms with van der Waals surface area (Å²) in [6.07, 6.45) is -3.03. The van der Waals surface area contributed by atoms with Crippen molar-refractivity contribution < 1.29 is 18.0 Å². The van der Waals surface area contributed by atoms with E-state index in [9.17, 15) is 22.8 Å². The van der Waals surface area contributed by atoms with Gasteiger partial charge in [-0.25, -0.2) is 9.89 Å². The Balaban J connectivity index is 2.15. The van der Waals surface area contributed by atoms with E-state index < -0.39 is 28.6 Å². The van der Waals surface area contributed by atoms with Gasteiger partial charge in [0.25, 0.3) is 0 Å². The van der Waals surface area contributed by atoms with Gasteiger partial charge in [-0.1, -0.05) is 36.7 Å². The number of thioether (sulfide) groups is 1. The first-order chi connectivity index (χ1) is 12.6. The summed E-state index contributed by atoms with van der Waals surface area (Å²) in [5, 5.41) is 7.91. The smallest absolute Gasteiger partial charge is 0.325 e. The van der Waals surface area contributed by atoms with Crippen molar-refractivity contribution in [3.05, 3.63) is 39.3 Å². The van der Waals surface area contributed by atoms with Gasteiger partial charge in [0.1, 0.15) is 0 Å². The predicted molar refractivity (Wildman–Crippen MR) is 98.2 cm³/mol. The lowest BCUT2D eigenvalue weighted by molar-refractivity contribution is -0.137. The second-order valence-corrected chi connectivity index (χ2v) is 7.50. The summed E-state index contributed by atoms with van der Waals surface area (Å²) in [5.74, 6) is -0.648. The van der Waals surface area contributed by atoms with Crippen LogP contribution < -0.4 is 11.0 Å². The van der Waals surface area contributed by atoms with Crippen LogP contribution in [-0.4, -0.2) is 25.9 Å². The van der Waals surface area contributed by atoms with Crippen molar-refractivity contribution in [2.45, 2.75) is 49.8 Å². The molecule has 2 aromatic rings. The Labute approximate surface area is 162 Å². The average Bonchev–Trinajstić information content (AvgIpc) is 2.93. The van der Waals surface area contributed by atoms with E-state index >= 15 is 0 Å². The van der Waals surface area contributed by atoms with Gasteiger partial charge in [-0.05, 0) is 31.5 Å². The van der Waals surface area contributed by atoms with E-state index in [1.54, 1.807) is 0 Å². The zero-order chi connectivity index (χ0) is 20.2. The minimum Gasteiger partial charge on any atom is -0.325 e. The highest BCUT2D eigenvalue weighted by Crippen LogP contribution is 2.36. The van der Waals surface area contributed by atoms with Crippen molar-refractivity contribution >= 4 is 35.0 Å². The first-order valence-electron chi connectivity index (χ1n) is 8.13. The molecule has 11 heteroatoms. The molecule has 148 valence electrons. The minimum atomic E-state index is -4.66. The van der Waals surface area contributed by atoms with Gasteiger partial charge in [-0.15, -0.1) is 5.10 Å². The number of H-pyrrole nitrogens is 1. The summed E-state index contributed by atoms with van der Waals surface area (Å²) >= 11 is 6.62. The van der Waals surface area contributed by atoms with Crippen molar-refractivity contribution in [2.75, 3.05) is 5.32 Å². The zero-order valence-electron chi connectivity index (χ0n) is 14.6. The molecule has 6 nitrogen and oxygen atoms in total. The molecule has 0 fully saturated rings. The third-order valence-corrected chi connectivity index (χ3v) is 4.98. The molecule has 1 amide bonds. The van der Waals surface area contributed by atoms with E-state index in [2.05, 4.69) is 15.5 Å². The third kappa shape index (κ3) is 5.52. The SMILES string of the molecule is CCCCn1c(SC(C)C(=O)Nc2ccc(Cl)cc2C(F)(F)F)n[nH]c1=O. The molecule has 0 aliphatic heterocycles. The standard InChI is InChI=1S/C16H18ClF3N4O2S/c1-3-4-7-24-14(26)22-23-15(24)27-9(2)13(25)21-12-6-5-10(17)8-11(12)16(18,19)20/h5-6,8-9H,3-4,7H2,1-2H3,(H,21,25)(H,22,26). The number of hydrogen-bond donors (Lipinski definition) is 2. The highest BCUT2D eigenvalue weighted by Gasteiger charge is 2.34. The van der Waals surface area contributed by atoms with Crippen molar-refractivity contribution in [1.82, 2.24) is 14.8 Å². The number of nitrogens with one attached hydrogen (secondary N) is 2. The number of carbonyl (C=O) groups excluding carboxylic acids is 1. The zero-order valence-corrected chi connectivity index (χ0v) is 16.1. The van der Waals surface area contributed by atoms with E-state index in [1.807, 2.05) is 6.92 Å². The number of unbranched alkanes of at least 4 members (excludes halogenated alkanes) is 1. The molecule has 0 radical (unpaired) electrons. The van der Waals surface area contributed by atoms with Crippen LogP contribution in [0.15, 0.2) is 28.2 Å². The van der Waals surface area contributed by atoms with Gasteiger partial charge >= 0.3 is 11.9 Å². The Hall–Kier alpha value is -1.94. The Kier molecular flexibility index (Phi) is 6.99. The first kappa shape index (κ1) is 21.4. The van der Waals surface area contributed by atoms with Gasteiger partial charge in [-0.3, -0.25) is 9.36 Å². The fourth-order valence-corrected chi connectivity index (χ4v) is 3.27. The van der Waals surface area contributed by atoms with Gasteiger partial charge in [0.2, 0.25) is 5.91 Å². The topological polar surface area (TPSA) is 79.8 Å². The first-order valence-corrected chi connectivity index (χ1v) is 9.38. The highest BCUT2D eigenvalue weighted by atomic mass is 35.5. The Morgan fingerprint density at radius 1 is 1.44 bits per heavy atom. The van der Waals surface area contributed by atoms with Crippen LogP contribution in [0.1, 0.15) is 32.3 Å². The minimum absolute atomic E-state index is 0.0841. The molecule has 0 spiro atoms. The maximum absolute atomic E-state index is 13.1. The average molecular weight is 423 g/mol. The van der Waals surface area contributed by atoms with Crippen LogP contribution in [0.4, 0.5) is 18.9 Å². The van der Waals surface area contributed by atoms with Crippen LogP contribution in [0, 0.1) is 0 Å². The quantitative estimate of drug-likeness (QED) is 0.656. The van der Waals surface area contributed by atoms with Crippen LogP contribution in [0.25, 0.3) is 0 Å². The number of hydrogen-bond acceptors (Lipinski definition) is 4. The lowest BCUT2D eigenvalue weighted by atomic mass is 10.1. The van der Waals surface area contributed by atoms with Gasteiger partial charge in [0.15, 0.2) is 5.16 Å². The van der Waals surface area contributed by atoms with Gasteiger partial charge in [0.05, 0.1) is 16.5 Å². The molecule has 1 aromatic heterocycles. The van der Waals surface area contributed by atoms with E-state index in [0.717, 1.165) is 36.7 Å². The van der Waals surface area contributed by atoms with Crippen molar-refractivity contribution in [2.24, 2.45) is 0 Å². The normalized spacial score (nSPS) is 12.8. The second kappa shape index (κ2) is 8.83. The number of nitrogens with zero attached hydrogens (tertiary/aromatic N) is 2. The molecule has 1 atom stereocenters. The molecule has 0 saturated carbocycles.